The van der Waals surface area contributed by atoms with Crippen LogP contribution in [0.1, 0.15) is 18.4 Å². The van der Waals surface area contributed by atoms with Gasteiger partial charge in [-0.15, -0.1) is 5.10 Å². The third kappa shape index (κ3) is 4.92. The second-order valence-corrected chi connectivity index (χ2v) is 9.57. The smallest absolute Gasteiger partial charge is 0.380 e. The monoisotopic (exact) mass is 573 g/mol. The van der Waals surface area contributed by atoms with Gasteiger partial charge in [0.05, 0.1) is 35.5 Å². The summed E-state index contributed by atoms with van der Waals surface area (Å²) in [6.45, 7) is 0.0878. The molecule has 2 atom stereocenters. The van der Waals surface area contributed by atoms with E-state index in [1.54, 1.807) is 29.5 Å². The molecule has 5 aromatic rings. The topological polar surface area (TPSA) is 119 Å². The summed E-state index contributed by atoms with van der Waals surface area (Å²) in [5.41, 5.74) is -3.80. The van der Waals surface area contributed by atoms with E-state index in [4.69, 9.17) is 4.74 Å². The lowest BCUT2D eigenvalue weighted by molar-refractivity contribution is -0.138. The van der Waals surface area contributed by atoms with Crippen LogP contribution >= 0.6 is 0 Å². The maximum absolute atomic E-state index is 15.3. The fraction of sp³-hybridized carbons (Fsp3) is 0.269. The van der Waals surface area contributed by atoms with Crippen molar-refractivity contribution in [2.45, 2.75) is 37.7 Å². The fourth-order valence-corrected chi connectivity index (χ4v) is 5.00. The molecule has 1 saturated heterocycles. The lowest BCUT2D eigenvalue weighted by atomic mass is 10.0. The summed E-state index contributed by atoms with van der Waals surface area (Å²) in [4.78, 5) is 29.2. The van der Waals surface area contributed by atoms with Gasteiger partial charge in [0, 0.05) is 25.0 Å². The van der Waals surface area contributed by atoms with Gasteiger partial charge in [0.2, 0.25) is 0 Å². The second-order valence-electron chi connectivity index (χ2n) is 9.57. The van der Waals surface area contributed by atoms with Crippen LogP contribution in [-0.4, -0.2) is 48.1 Å². The van der Waals surface area contributed by atoms with Crippen molar-refractivity contribution < 1.29 is 26.7 Å². The summed E-state index contributed by atoms with van der Waals surface area (Å²) in [6, 6.07) is 7.31. The zero-order valence-corrected chi connectivity index (χ0v) is 21.0. The SMILES string of the molecule is O=c1[nH]ncc(N[C@H]2CCO[C@@H](Cn3ccc4cc(-c5nc6ccccn6n5)c(F)c(F)c4c3=O)C2)c1C(F)(F)F. The standard InChI is InChI=1S/C26H20F5N7O3/c27-21-16(23-34-18-3-1-2-6-38(18)36-23)9-13-4-7-37(25(40)19(13)22(21)28)12-15-10-14(5-8-41-15)33-17-11-32-35-24(39)20(17)26(29,30)31/h1-4,6-7,9,11,14-15H,5,8,10,12H2,(H2,33,35,39)/t14-,15+/m0/s1. The number of aromatic amines is 1. The number of halogens is 5. The predicted octanol–water partition coefficient (Wildman–Crippen LogP) is 3.75. The number of rotatable bonds is 5. The molecule has 1 aliphatic rings. The van der Waals surface area contributed by atoms with Gasteiger partial charge in [0.1, 0.15) is 5.56 Å². The Bertz CT molecular complexity index is 1870. The Morgan fingerprint density at radius 3 is 2.73 bits per heavy atom. The molecule has 5 heterocycles. The first-order valence-corrected chi connectivity index (χ1v) is 12.5. The van der Waals surface area contributed by atoms with Gasteiger partial charge >= 0.3 is 6.18 Å². The third-order valence-corrected chi connectivity index (χ3v) is 6.90. The Morgan fingerprint density at radius 2 is 1.95 bits per heavy atom. The molecule has 4 aromatic heterocycles. The average Bonchev–Trinajstić information content (AvgIpc) is 3.36. The van der Waals surface area contributed by atoms with E-state index < -0.39 is 57.7 Å². The minimum atomic E-state index is -4.90. The fourth-order valence-electron chi connectivity index (χ4n) is 5.00. The Hall–Kier alpha value is -4.66. The van der Waals surface area contributed by atoms with Crippen LogP contribution in [0.3, 0.4) is 0 Å². The van der Waals surface area contributed by atoms with Crippen molar-refractivity contribution in [2.24, 2.45) is 0 Å². The van der Waals surface area contributed by atoms with Crippen LogP contribution in [0.2, 0.25) is 0 Å². The molecule has 0 saturated carbocycles. The molecule has 2 N–H and O–H groups in total. The van der Waals surface area contributed by atoms with E-state index in [-0.39, 0.29) is 36.3 Å². The van der Waals surface area contributed by atoms with Crippen LogP contribution in [0.25, 0.3) is 27.8 Å². The summed E-state index contributed by atoms with van der Waals surface area (Å²) in [5, 5.41) is 11.8. The molecule has 1 aromatic carbocycles. The quantitative estimate of drug-likeness (QED) is 0.308. The molecule has 41 heavy (non-hydrogen) atoms. The van der Waals surface area contributed by atoms with Crippen LogP contribution in [0.15, 0.2) is 58.5 Å². The van der Waals surface area contributed by atoms with Gasteiger partial charge in [0.25, 0.3) is 11.1 Å². The van der Waals surface area contributed by atoms with E-state index in [1.165, 1.54) is 22.8 Å². The molecule has 0 amide bonds. The zero-order chi connectivity index (χ0) is 28.9. The average molecular weight is 573 g/mol. The zero-order valence-electron chi connectivity index (χ0n) is 21.0. The minimum Gasteiger partial charge on any atom is -0.380 e. The normalized spacial score (nSPS) is 17.8. The molecule has 0 unspecified atom stereocenters. The summed E-state index contributed by atoms with van der Waals surface area (Å²) < 4.78 is 79.0. The molecule has 0 spiro atoms. The highest BCUT2D eigenvalue weighted by atomic mass is 19.4. The molecule has 6 rings (SSSR count). The van der Waals surface area contributed by atoms with Gasteiger partial charge in [-0.25, -0.2) is 23.4 Å². The number of hydrogen-bond donors (Lipinski definition) is 2. The summed E-state index contributed by atoms with van der Waals surface area (Å²) >= 11 is 0. The largest absolute Gasteiger partial charge is 0.423 e. The minimum absolute atomic E-state index is 0.0443. The van der Waals surface area contributed by atoms with Gasteiger partial charge in [0.15, 0.2) is 23.1 Å². The highest BCUT2D eigenvalue weighted by molar-refractivity contribution is 5.86. The Balaban J connectivity index is 1.26. The van der Waals surface area contributed by atoms with E-state index in [0.29, 0.717) is 12.1 Å². The first-order valence-electron chi connectivity index (χ1n) is 12.5. The van der Waals surface area contributed by atoms with Crippen molar-refractivity contribution >= 4 is 22.1 Å². The predicted molar refractivity (Wildman–Crippen MR) is 136 cm³/mol. The van der Waals surface area contributed by atoms with Crippen LogP contribution in [0.4, 0.5) is 27.6 Å². The van der Waals surface area contributed by atoms with Crippen LogP contribution < -0.4 is 16.4 Å². The third-order valence-electron chi connectivity index (χ3n) is 6.90. The number of nitrogens with one attached hydrogen (secondary N) is 2. The number of H-pyrrole nitrogens is 1. The van der Waals surface area contributed by atoms with E-state index >= 15 is 8.78 Å². The number of nitrogens with zero attached hydrogens (tertiary/aromatic N) is 5. The van der Waals surface area contributed by atoms with Crippen LogP contribution in [0.5, 0.6) is 0 Å². The van der Waals surface area contributed by atoms with Crippen molar-refractivity contribution in [3.63, 3.8) is 0 Å². The molecule has 1 aliphatic heterocycles. The highest BCUT2D eigenvalue weighted by Gasteiger charge is 2.38. The first-order chi connectivity index (χ1) is 19.6. The molecular weight excluding hydrogens is 553 g/mol. The number of ether oxygens (including phenoxy) is 1. The van der Waals surface area contributed by atoms with E-state index in [1.807, 2.05) is 0 Å². The molecule has 212 valence electrons. The molecular formula is C26H20F5N7O3. The van der Waals surface area contributed by atoms with Crippen molar-refractivity contribution in [2.75, 3.05) is 11.9 Å². The Labute approximate surface area is 226 Å². The van der Waals surface area contributed by atoms with Gasteiger partial charge in [-0.3, -0.25) is 9.59 Å². The molecule has 15 heteroatoms. The first kappa shape index (κ1) is 26.6. The number of fused-ring (bicyclic) bond motifs is 2. The molecule has 0 bridgehead atoms. The summed E-state index contributed by atoms with van der Waals surface area (Å²) in [7, 11) is 0. The van der Waals surface area contributed by atoms with Gasteiger partial charge in [-0.05, 0) is 42.5 Å². The van der Waals surface area contributed by atoms with Crippen molar-refractivity contribution in [3.05, 3.63) is 86.8 Å². The van der Waals surface area contributed by atoms with Crippen LogP contribution in [-0.2, 0) is 17.5 Å². The highest BCUT2D eigenvalue weighted by Crippen LogP contribution is 2.33. The van der Waals surface area contributed by atoms with Crippen LogP contribution in [0, 0.1) is 11.6 Å². The second kappa shape index (κ2) is 10.1. The van der Waals surface area contributed by atoms with Gasteiger partial charge < -0.3 is 14.6 Å². The van der Waals surface area contributed by atoms with Crippen molar-refractivity contribution in [1.82, 2.24) is 29.4 Å². The lowest BCUT2D eigenvalue weighted by Crippen LogP contribution is -2.39. The number of benzene rings is 1. The van der Waals surface area contributed by atoms with Gasteiger partial charge in [-0.1, -0.05) is 6.07 Å². The van der Waals surface area contributed by atoms with E-state index in [0.717, 1.165) is 10.8 Å². The van der Waals surface area contributed by atoms with E-state index in [9.17, 15) is 22.8 Å². The molecule has 0 radical (unpaired) electrons. The molecule has 0 aliphatic carbocycles. The number of pyridine rings is 2. The molecule has 1 fully saturated rings. The maximum Gasteiger partial charge on any atom is 0.423 e. The number of hydrogen-bond acceptors (Lipinski definition) is 7. The van der Waals surface area contributed by atoms with Crippen molar-refractivity contribution in [1.29, 1.82) is 0 Å². The molecule has 10 nitrogen and oxygen atoms in total. The maximum atomic E-state index is 15.3. The van der Waals surface area contributed by atoms with E-state index in [2.05, 4.69) is 20.5 Å². The number of alkyl halides is 3. The van der Waals surface area contributed by atoms with Crippen molar-refractivity contribution in [3.8, 4) is 11.4 Å². The Kier molecular flexibility index (Phi) is 6.52. The summed E-state index contributed by atoms with van der Waals surface area (Å²) in [6.07, 6.45) is -1.14. The summed E-state index contributed by atoms with van der Waals surface area (Å²) in [5.74, 6) is -2.66. The number of anilines is 1. The van der Waals surface area contributed by atoms with Gasteiger partial charge in [-0.2, -0.15) is 18.3 Å². The lowest BCUT2D eigenvalue weighted by Gasteiger charge is -2.31. The Morgan fingerprint density at radius 1 is 1.12 bits per heavy atom. The number of aromatic nitrogens is 6.